The van der Waals surface area contributed by atoms with Crippen LogP contribution >= 0.6 is 0 Å². The zero-order chi connectivity index (χ0) is 10.2. The fourth-order valence-electron chi connectivity index (χ4n) is 1.43. The van der Waals surface area contributed by atoms with E-state index in [4.69, 9.17) is 0 Å². The first-order valence-electron chi connectivity index (χ1n) is 5.29. The minimum Gasteiger partial charge on any atom is -0.307 e. The topological polar surface area (TPSA) is 12.0 Å². The minimum absolute atomic E-state index is 0.294. The van der Waals surface area contributed by atoms with Crippen LogP contribution in [-0.4, -0.2) is 6.54 Å². The largest absolute Gasteiger partial charge is 0.307 e. The third kappa shape index (κ3) is 3.35. The smallest absolute Gasteiger partial charge is 0.0503 e. The van der Waals surface area contributed by atoms with Gasteiger partial charge in [0.1, 0.15) is 0 Å². The summed E-state index contributed by atoms with van der Waals surface area (Å²) in [5.74, 6) is 0. The van der Waals surface area contributed by atoms with Gasteiger partial charge in [0.2, 0.25) is 0 Å². The van der Waals surface area contributed by atoms with E-state index in [0.717, 1.165) is 6.54 Å². The molecule has 0 bridgehead atoms. The number of hydrogen-bond acceptors (Lipinski definition) is 1. The van der Waals surface area contributed by atoms with Gasteiger partial charge < -0.3 is 5.32 Å². The van der Waals surface area contributed by atoms with Gasteiger partial charge in [0.25, 0.3) is 0 Å². The average molecular weight is 189 g/mol. The summed E-state index contributed by atoms with van der Waals surface area (Å²) < 4.78 is 0. The highest BCUT2D eigenvalue weighted by molar-refractivity contribution is 5.22. The summed E-state index contributed by atoms with van der Waals surface area (Å²) >= 11 is 0. The quantitative estimate of drug-likeness (QED) is 0.535. The van der Waals surface area contributed by atoms with Crippen LogP contribution in [0.5, 0.6) is 0 Å². The molecule has 0 heterocycles. The molecule has 1 rings (SSSR count). The molecular formula is C13H19N. The molecule has 0 aromatic heterocycles. The van der Waals surface area contributed by atoms with Crippen molar-refractivity contribution in [3.63, 3.8) is 0 Å². The fourth-order valence-corrected chi connectivity index (χ4v) is 1.43. The Kier molecular flexibility index (Phi) is 5.02. The molecule has 1 N–H and O–H groups in total. The highest BCUT2D eigenvalue weighted by Crippen LogP contribution is 2.12. The van der Waals surface area contributed by atoms with Gasteiger partial charge in [-0.3, -0.25) is 0 Å². The molecule has 0 spiro atoms. The first kappa shape index (κ1) is 11.0. The SMILES string of the molecule is C=CC(NCCCC)c1ccccc1. The van der Waals surface area contributed by atoms with Crippen molar-refractivity contribution in [3.8, 4) is 0 Å². The lowest BCUT2D eigenvalue weighted by atomic mass is 10.1. The monoisotopic (exact) mass is 189 g/mol. The summed E-state index contributed by atoms with van der Waals surface area (Å²) in [4.78, 5) is 0. The van der Waals surface area contributed by atoms with Crippen LogP contribution < -0.4 is 5.32 Å². The number of nitrogens with one attached hydrogen (secondary N) is 1. The number of rotatable bonds is 6. The first-order chi connectivity index (χ1) is 6.88. The molecule has 1 heteroatoms. The van der Waals surface area contributed by atoms with Crippen LogP contribution in [0.1, 0.15) is 31.4 Å². The summed E-state index contributed by atoms with van der Waals surface area (Å²) in [5.41, 5.74) is 1.29. The Hall–Kier alpha value is -1.08. The van der Waals surface area contributed by atoms with E-state index < -0.39 is 0 Å². The molecule has 1 unspecified atom stereocenters. The van der Waals surface area contributed by atoms with E-state index in [2.05, 4.69) is 43.1 Å². The second-order valence-electron chi connectivity index (χ2n) is 3.43. The van der Waals surface area contributed by atoms with Crippen LogP contribution in [0.4, 0.5) is 0 Å². The van der Waals surface area contributed by atoms with Crippen molar-refractivity contribution in [3.05, 3.63) is 48.6 Å². The predicted molar refractivity (Wildman–Crippen MR) is 62.3 cm³/mol. The lowest BCUT2D eigenvalue weighted by Crippen LogP contribution is -2.20. The van der Waals surface area contributed by atoms with Gasteiger partial charge in [-0.05, 0) is 18.5 Å². The molecule has 1 nitrogen and oxygen atoms in total. The lowest BCUT2D eigenvalue weighted by Gasteiger charge is -2.14. The Morgan fingerprint density at radius 1 is 1.36 bits per heavy atom. The molecule has 1 atom stereocenters. The zero-order valence-corrected chi connectivity index (χ0v) is 8.87. The Morgan fingerprint density at radius 3 is 2.64 bits per heavy atom. The minimum atomic E-state index is 0.294. The van der Waals surface area contributed by atoms with Crippen molar-refractivity contribution >= 4 is 0 Å². The summed E-state index contributed by atoms with van der Waals surface area (Å²) in [6, 6.07) is 10.7. The van der Waals surface area contributed by atoms with Gasteiger partial charge in [-0.25, -0.2) is 0 Å². The molecule has 1 aromatic carbocycles. The van der Waals surface area contributed by atoms with E-state index in [1.807, 2.05) is 12.1 Å². The third-order valence-electron chi connectivity index (χ3n) is 2.29. The van der Waals surface area contributed by atoms with Crippen LogP contribution in [-0.2, 0) is 0 Å². The Morgan fingerprint density at radius 2 is 2.07 bits per heavy atom. The van der Waals surface area contributed by atoms with E-state index in [0.29, 0.717) is 6.04 Å². The van der Waals surface area contributed by atoms with E-state index in [1.165, 1.54) is 18.4 Å². The molecular weight excluding hydrogens is 170 g/mol. The summed E-state index contributed by atoms with van der Waals surface area (Å²) in [7, 11) is 0. The lowest BCUT2D eigenvalue weighted by molar-refractivity contribution is 0.591. The van der Waals surface area contributed by atoms with Crippen LogP contribution in [0.25, 0.3) is 0 Å². The van der Waals surface area contributed by atoms with Crippen LogP contribution in [0.2, 0.25) is 0 Å². The van der Waals surface area contributed by atoms with Crippen molar-refractivity contribution < 1.29 is 0 Å². The third-order valence-corrected chi connectivity index (χ3v) is 2.29. The van der Waals surface area contributed by atoms with Crippen molar-refractivity contribution in [1.82, 2.24) is 5.32 Å². The van der Waals surface area contributed by atoms with Crippen LogP contribution in [0, 0.1) is 0 Å². The van der Waals surface area contributed by atoms with Crippen LogP contribution in [0.15, 0.2) is 43.0 Å². The van der Waals surface area contributed by atoms with Crippen molar-refractivity contribution in [2.75, 3.05) is 6.54 Å². The fraction of sp³-hybridized carbons (Fsp3) is 0.385. The number of benzene rings is 1. The van der Waals surface area contributed by atoms with Gasteiger partial charge in [0, 0.05) is 0 Å². The first-order valence-corrected chi connectivity index (χ1v) is 5.29. The van der Waals surface area contributed by atoms with Crippen molar-refractivity contribution in [1.29, 1.82) is 0 Å². The molecule has 0 aliphatic rings. The van der Waals surface area contributed by atoms with Crippen molar-refractivity contribution in [2.24, 2.45) is 0 Å². The van der Waals surface area contributed by atoms with Gasteiger partial charge in [-0.15, -0.1) is 6.58 Å². The molecule has 0 saturated heterocycles. The van der Waals surface area contributed by atoms with Gasteiger partial charge >= 0.3 is 0 Å². The number of hydrogen-bond donors (Lipinski definition) is 1. The summed E-state index contributed by atoms with van der Waals surface area (Å²) in [6.07, 6.45) is 4.41. The Labute approximate surface area is 86.8 Å². The molecule has 76 valence electrons. The van der Waals surface area contributed by atoms with E-state index >= 15 is 0 Å². The van der Waals surface area contributed by atoms with Gasteiger partial charge in [0.15, 0.2) is 0 Å². The number of unbranched alkanes of at least 4 members (excludes halogenated alkanes) is 1. The van der Waals surface area contributed by atoms with Gasteiger partial charge in [0.05, 0.1) is 6.04 Å². The Bertz CT molecular complexity index is 253. The Balaban J connectivity index is 2.50. The van der Waals surface area contributed by atoms with Gasteiger partial charge in [-0.1, -0.05) is 49.8 Å². The molecule has 14 heavy (non-hydrogen) atoms. The average Bonchev–Trinajstić information content (AvgIpc) is 2.26. The summed E-state index contributed by atoms with van der Waals surface area (Å²) in [6.45, 7) is 7.11. The molecule has 0 aliphatic carbocycles. The molecule has 0 radical (unpaired) electrons. The maximum Gasteiger partial charge on any atom is 0.0503 e. The zero-order valence-electron chi connectivity index (χ0n) is 8.87. The van der Waals surface area contributed by atoms with Crippen molar-refractivity contribution in [2.45, 2.75) is 25.8 Å². The molecule has 1 aromatic rings. The second kappa shape index (κ2) is 6.39. The standard InChI is InChI=1S/C13H19N/c1-3-5-11-14-13(4-2)12-9-7-6-8-10-12/h4,6-10,13-14H,2-3,5,11H2,1H3. The molecule has 0 amide bonds. The molecule has 0 fully saturated rings. The highest BCUT2D eigenvalue weighted by atomic mass is 14.9. The van der Waals surface area contributed by atoms with E-state index in [9.17, 15) is 0 Å². The van der Waals surface area contributed by atoms with E-state index in [-0.39, 0.29) is 0 Å². The maximum absolute atomic E-state index is 3.85. The maximum atomic E-state index is 3.85. The highest BCUT2D eigenvalue weighted by Gasteiger charge is 2.03. The normalized spacial score (nSPS) is 12.4. The molecule has 0 aliphatic heterocycles. The van der Waals surface area contributed by atoms with E-state index in [1.54, 1.807) is 0 Å². The second-order valence-corrected chi connectivity index (χ2v) is 3.43. The van der Waals surface area contributed by atoms with Gasteiger partial charge in [-0.2, -0.15) is 0 Å². The predicted octanol–water partition coefficient (Wildman–Crippen LogP) is 3.30. The molecule has 0 saturated carbocycles. The van der Waals surface area contributed by atoms with Crippen LogP contribution in [0.3, 0.4) is 0 Å². The summed E-state index contributed by atoms with van der Waals surface area (Å²) in [5, 5.41) is 3.47.